The number of piperazine rings is 1. The van der Waals surface area contributed by atoms with E-state index in [1.54, 1.807) is 0 Å². The Morgan fingerprint density at radius 3 is 2.46 bits per heavy atom. The molecule has 1 aliphatic heterocycles. The van der Waals surface area contributed by atoms with Gasteiger partial charge in [0.1, 0.15) is 5.76 Å². The zero-order valence-electron chi connectivity index (χ0n) is 17.1. The minimum atomic E-state index is 0.487. The molecule has 2 rings (SSSR count). The fourth-order valence-corrected chi connectivity index (χ4v) is 3.42. The van der Waals surface area contributed by atoms with Crippen LogP contribution >= 0.6 is 0 Å². The molecule has 26 heavy (non-hydrogen) atoms. The Kier molecular flexibility index (Phi) is 8.38. The third-order valence-electron chi connectivity index (χ3n) is 5.31. The number of nitrogens with one attached hydrogen (secondary N) is 2. The molecular weight excluding hydrogens is 328 g/mol. The third-order valence-corrected chi connectivity index (χ3v) is 5.31. The number of guanidine groups is 1. The van der Waals surface area contributed by atoms with Gasteiger partial charge in [0.25, 0.3) is 0 Å². The van der Waals surface area contributed by atoms with Crippen molar-refractivity contribution in [1.82, 2.24) is 25.6 Å². The lowest BCUT2D eigenvalue weighted by atomic mass is 10.1. The molecule has 7 nitrogen and oxygen atoms in total. The summed E-state index contributed by atoms with van der Waals surface area (Å²) >= 11 is 0. The van der Waals surface area contributed by atoms with Gasteiger partial charge < -0.3 is 20.1 Å². The molecule has 0 saturated carbocycles. The maximum Gasteiger partial charge on any atom is 0.191 e. The highest BCUT2D eigenvalue weighted by molar-refractivity contribution is 5.79. The summed E-state index contributed by atoms with van der Waals surface area (Å²) in [6, 6.07) is 0.487. The summed E-state index contributed by atoms with van der Waals surface area (Å²) in [5.74, 6) is 1.79. The first kappa shape index (κ1) is 20.7. The van der Waals surface area contributed by atoms with Crippen LogP contribution in [0.3, 0.4) is 0 Å². The Bertz CT molecular complexity index is 541. The third kappa shape index (κ3) is 5.45. The smallest absolute Gasteiger partial charge is 0.191 e. The lowest BCUT2D eigenvalue weighted by molar-refractivity contribution is 0.107. The summed E-state index contributed by atoms with van der Waals surface area (Å²) in [5, 5.41) is 11.0. The number of rotatable bonds is 8. The minimum absolute atomic E-state index is 0.487. The normalized spacial score (nSPS) is 18.1. The molecule has 0 amide bonds. The van der Waals surface area contributed by atoms with Crippen LogP contribution in [0.25, 0.3) is 0 Å². The van der Waals surface area contributed by atoms with Gasteiger partial charge in [0.15, 0.2) is 5.96 Å². The van der Waals surface area contributed by atoms with Crippen molar-refractivity contribution < 1.29 is 4.52 Å². The quantitative estimate of drug-likeness (QED) is 0.538. The number of aryl methyl sites for hydroxylation is 2. The van der Waals surface area contributed by atoms with Crippen molar-refractivity contribution in [1.29, 1.82) is 0 Å². The van der Waals surface area contributed by atoms with E-state index in [1.807, 2.05) is 7.05 Å². The highest BCUT2D eigenvalue weighted by atomic mass is 16.5. The van der Waals surface area contributed by atoms with Gasteiger partial charge in [0.05, 0.1) is 5.69 Å². The second-order valence-corrected chi connectivity index (χ2v) is 6.86. The van der Waals surface area contributed by atoms with Crippen LogP contribution in [-0.4, -0.2) is 73.3 Å². The van der Waals surface area contributed by atoms with Gasteiger partial charge >= 0.3 is 0 Å². The zero-order chi connectivity index (χ0) is 18.9. The number of aromatic nitrogens is 1. The summed E-state index contributed by atoms with van der Waals surface area (Å²) in [7, 11) is 1.81. The molecule has 2 heterocycles. The monoisotopic (exact) mass is 364 g/mol. The van der Waals surface area contributed by atoms with Gasteiger partial charge in [-0.05, 0) is 19.9 Å². The van der Waals surface area contributed by atoms with E-state index in [0.717, 1.165) is 56.4 Å². The predicted octanol–water partition coefficient (Wildman–Crippen LogP) is 1.49. The molecular formula is C19H36N6O. The van der Waals surface area contributed by atoms with Crippen molar-refractivity contribution in [2.75, 3.05) is 46.3 Å². The number of hydrogen-bond acceptors (Lipinski definition) is 5. The Hall–Kier alpha value is -1.60. The van der Waals surface area contributed by atoms with E-state index in [4.69, 9.17) is 4.52 Å². The molecule has 1 atom stereocenters. The molecule has 1 fully saturated rings. The molecule has 0 radical (unpaired) electrons. The fourth-order valence-electron chi connectivity index (χ4n) is 3.42. The van der Waals surface area contributed by atoms with E-state index in [-0.39, 0.29) is 0 Å². The zero-order valence-corrected chi connectivity index (χ0v) is 17.1. The highest BCUT2D eigenvalue weighted by Crippen LogP contribution is 2.15. The van der Waals surface area contributed by atoms with Gasteiger partial charge in [-0.25, -0.2) is 0 Å². The van der Waals surface area contributed by atoms with E-state index >= 15 is 0 Å². The molecule has 0 spiro atoms. The molecule has 0 aromatic carbocycles. The summed E-state index contributed by atoms with van der Waals surface area (Å²) < 4.78 is 5.44. The summed E-state index contributed by atoms with van der Waals surface area (Å²) in [6.45, 7) is 16.1. The lowest BCUT2D eigenvalue weighted by Crippen LogP contribution is -2.53. The van der Waals surface area contributed by atoms with Crippen LogP contribution < -0.4 is 10.6 Å². The average molecular weight is 365 g/mol. The number of likely N-dealkylation sites (N-methyl/N-ethyl adjacent to an activating group) is 1. The van der Waals surface area contributed by atoms with Gasteiger partial charge in [-0.1, -0.05) is 25.9 Å². The highest BCUT2D eigenvalue weighted by Gasteiger charge is 2.20. The van der Waals surface area contributed by atoms with Crippen LogP contribution in [0.4, 0.5) is 0 Å². The Morgan fingerprint density at radius 1 is 1.15 bits per heavy atom. The van der Waals surface area contributed by atoms with E-state index in [0.29, 0.717) is 12.6 Å². The summed E-state index contributed by atoms with van der Waals surface area (Å²) in [5.41, 5.74) is 2.20. The van der Waals surface area contributed by atoms with Gasteiger partial charge in [0.2, 0.25) is 0 Å². The average Bonchev–Trinajstić information content (AvgIpc) is 3.09. The van der Waals surface area contributed by atoms with Crippen LogP contribution in [-0.2, 0) is 19.4 Å². The van der Waals surface area contributed by atoms with E-state index < -0.39 is 0 Å². The van der Waals surface area contributed by atoms with Crippen molar-refractivity contribution >= 4 is 5.96 Å². The van der Waals surface area contributed by atoms with Crippen LogP contribution in [0.1, 0.15) is 44.7 Å². The fraction of sp³-hybridized carbons (Fsp3) is 0.789. The molecule has 1 aromatic rings. The van der Waals surface area contributed by atoms with Crippen molar-refractivity contribution in [3.05, 3.63) is 17.0 Å². The standard InChI is InChI=1S/C19H36N6O/c1-6-17-16(18(7-2)26-23-17)14-22-19(20-5)21-13-15(4)25-11-9-24(8-3)10-12-25/h15H,6-14H2,1-5H3,(H2,20,21,22). The largest absolute Gasteiger partial charge is 0.361 e. The maximum atomic E-state index is 5.44. The van der Waals surface area contributed by atoms with Gasteiger partial charge in [-0.15, -0.1) is 0 Å². The first-order chi connectivity index (χ1) is 12.6. The predicted molar refractivity (Wildman–Crippen MR) is 107 cm³/mol. The van der Waals surface area contributed by atoms with Crippen molar-refractivity contribution in [3.63, 3.8) is 0 Å². The van der Waals surface area contributed by atoms with Crippen molar-refractivity contribution in [2.45, 2.75) is 53.1 Å². The Labute approximate surface area is 158 Å². The Balaban J connectivity index is 1.80. The van der Waals surface area contributed by atoms with Crippen molar-refractivity contribution in [3.8, 4) is 0 Å². The van der Waals surface area contributed by atoms with Crippen LogP contribution in [0.15, 0.2) is 9.52 Å². The number of aliphatic imine (C=N–C) groups is 1. The van der Waals surface area contributed by atoms with Gasteiger partial charge in [-0.2, -0.15) is 0 Å². The molecule has 1 unspecified atom stereocenters. The number of nitrogens with zero attached hydrogens (tertiary/aromatic N) is 4. The van der Waals surface area contributed by atoms with Crippen LogP contribution in [0.5, 0.6) is 0 Å². The summed E-state index contributed by atoms with van der Waals surface area (Å²) in [6.07, 6.45) is 1.74. The first-order valence-corrected chi connectivity index (χ1v) is 10.00. The van der Waals surface area contributed by atoms with Gasteiger partial charge in [-0.3, -0.25) is 9.89 Å². The van der Waals surface area contributed by atoms with Crippen molar-refractivity contribution in [2.24, 2.45) is 4.99 Å². The molecule has 148 valence electrons. The molecule has 0 bridgehead atoms. The SMILES string of the molecule is CCc1noc(CC)c1CNC(=NC)NCC(C)N1CCN(CC)CC1. The van der Waals surface area contributed by atoms with Crippen LogP contribution in [0.2, 0.25) is 0 Å². The molecule has 1 saturated heterocycles. The van der Waals surface area contributed by atoms with E-state index in [2.05, 4.69) is 58.3 Å². The minimum Gasteiger partial charge on any atom is -0.361 e. The molecule has 7 heteroatoms. The molecule has 0 aliphatic carbocycles. The lowest BCUT2D eigenvalue weighted by Gasteiger charge is -2.37. The topological polar surface area (TPSA) is 68.9 Å². The van der Waals surface area contributed by atoms with E-state index in [1.165, 1.54) is 18.7 Å². The number of hydrogen-bond donors (Lipinski definition) is 2. The summed E-state index contributed by atoms with van der Waals surface area (Å²) in [4.78, 5) is 9.42. The second-order valence-electron chi connectivity index (χ2n) is 6.86. The molecule has 1 aliphatic rings. The van der Waals surface area contributed by atoms with Gasteiger partial charge in [0, 0.05) is 64.3 Å². The second kappa shape index (κ2) is 10.5. The van der Waals surface area contributed by atoms with E-state index in [9.17, 15) is 0 Å². The van der Waals surface area contributed by atoms with Crippen LogP contribution in [0, 0.1) is 0 Å². The molecule has 1 aromatic heterocycles. The maximum absolute atomic E-state index is 5.44. The molecule has 2 N–H and O–H groups in total. The first-order valence-electron chi connectivity index (χ1n) is 10.00. The Morgan fingerprint density at radius 2 is 1.88 bits per heavy atom.